The Labute approximate surface area is 123 Å². The lowest BCUT2D eigenvalue weighted by atomic mass is 10.1. The largest absolute Gasteiger partial charge is 0.356 e. The molecule has 0 heterocycles. The monoisotopic (exact) mass is 300 g/mol. The minimum absolute atomic E-state index is 0.0605. The van der Waals surface area contributed by atoms with Crippen LogP contribution >= 0.6 is 23.2 Å². The first-order chi connectivity index (χ1) is 8.99. The lowest BCUT2D eigenvalue weighted by Gasteiger charge is -2.07. The molecule has 0 saturated heterocycles. The molecule has 5 heteroatoms. The summed E-state index contributed by atoms with van der Waals surface area (Å²) in [6, 6.07) is 5.69. The van der Waals surface area contributed by atoms with E-state index >= 15 is 0 Å². The lowest BCUT2D eigenvalue weighted by molar-refractivity contribution is -0.122. The fourth-order valence-corrected chi connectivity index (χ4v) is 2.46. The van der Waals surface area contributed by atoms with Gasteiger partial charge in [-0.25, -0.2) is 0 Å². The van der Waals surface area contributed by atoms with Crippen LogP contribution in [0.1, 0.15) is 31.2 Å². The minimum atomic E-state index is 0.0605. The van der Waals surface area contributed by atoms with Crippen LogP contribution in [-0.2, 0) is 4.79 Å². The van der Waals surface area contributed by atoms with Crippen molar-refractivity contribution in [2.45, 2.75) is 31.7 Å². The maximum Gasteiger partial charge on any atom is 0.223 e. The second-order valence-electron chi connectivity index (χ2n) is 5.18. The number of halogens is 2. The van der Waals surface area contributed by atoms with Gasteiger partial charge in [-0.1, -0.05) is 29.3 Å². The first-order valence-corrected chi connectivity index (χ1v) is 7.23. The van der Waals surface area contributed by atoms with E-state index < -0.39 is 0 Å². The molecule has 1 aliphatic carbocycles. The first-order valence-electron chi connectivity index (χ1n) is 6.47. The van der Waals surface area contributed by atoms with Crippen molar-refractivity contribution < 1.29 is 4.79 Å². The molecule has 1 fully saturated rings. The van der Waals surface area contributed by atoms with Crippen molar-refractivity contribution in [2.24, 2.45) is 11.7 Å². The maximum atomic E-state index is 11.9. The molecule has 1 aliphatic rings. The Bertz CT molecular complexity index is 477. The standard InChI is InChI=1S/C14H18Cl2N2O/c1-8(17)4-5-18-14(19)11-7-10(11)9-2-3-12(15)13(16)6-9/h2-3,6,8,10-11H,4-5,7,17H2,1H3,(H,18,19). The zero-order valence-corrected chi connectivity index (χ0v) is 12.3. The van der Waals surface area contributed by atoms with Crippen molar-refractivity contribution in [1.82, 2.24) is 5.32 Å². The molecule has 0 radical (unpaired) electrons. The first kappa shape index (κ1) is 14.6. The van der Waals surface area contributed by atoms with Crippen molar-refractivity contribution in [3.8, 4) is 0 Å². The number of nitrogens with two attached hydrogens (primary N) is 1. The van der Waals surface area contributed by atoms with Crippen LogP contribution in [0.4, 0.5) is 0 Å². The van der Waals surface area contributed by atoms with Crippen molar-refractivity contribution >= 4 is 29.1 Å². The van der Waals surface area contributed by atoms with Gasteiger partial charge in [0.1, 0.15) is 0 Å². The van der Waals surface area contributed by atoms with Gasteiger partial charge in [-0.3, -0.25) is 4.79 Å². The van der Waals surface area contributed by atoms with Crippen LogP contribution in [0, 0.1) is 5.92 Å². The molecule has 1 aromatic rings. The highest BCUT2D eigenvalue weighted by molar-refractivity contribution is 6.42. The van der Waals surface area contributed by atoms with Crippen LogP contribution < -0.4 is 11.1 Å². The number of rotatable bonds is 5. The van der Waals surface area contributed by atoms with Gasteiger partial charge >= 0.3 is 0 Å². The van der Waals surface area contributed by atoms with Crippen LogP contribution in [0.5, 0.6) is 0 Å². The van der Waals surface area contributed by atoms with Crippen LogP contribution in [0.25, 0.3) is 0 Å². The summed E-state index contributed by atoms with van der Waals surface area (Å²) in [5.41, 5.74) is 6.73. The van der Waals surface area contributed by atoms with E-state index in [9.17, 15) is 4.79 Å². The van der Waals surface area contributed by atoms with Crippen LogP contribution in [0.3, 0.4) is 0 Å². The third kappa shape index (κ3) is 3.85. The highest BCUT2D eigenvalue weighted by Gasteiger charge is 2.43. The number of nitrogens with one attached hydrogen (secondary N) is 1. The molecule has 3 unspecified atom stereocenters. The van der Waals surface area contributed by atoms with Crippen LogP contribution in [0.2, 0.25) is 10.0 Å². The van der Waals surface area contributed by atoms with Gasteiger partial charge in [0.25, 0.3) is 0 Å². The van der Waals surface area contributed by atoms with E-state index in [1.54, 1.807) is 6.07 Å². The van der Waals surface area contributed by atoms with E-state index in [1.807, 2.05) is 19.1 Å². The quantitative estimate of drug-likeness (QED) is 0.878. The Balaban J connectivity index is 1.86. The SMILES string of the molecule is CC(N)CCNC(=O)C1CC1c1ccc(Cl)c(Cl)c1. The fourth-order valence-electron chi connectivity index (χ4n) is 2.15. The predicted molar refractivity (Wildman–Crippen MR) is 78.6 cm³/mol. The van der Waals surface area contributed by atoms with Gasteiger partial charge in [-0.15, -0.1) is 0 Å². The smallest absolute Gasteiger partial charge is 0.223 e. The van der Waals surface area contributed by atoms with Crippen LogP contribution in [0.15, 0.2) is 18.2 Å². The van der Waals surface area contributed by atoms with E-state index in [0.29, 0.717) is 16.6 Å². The fraction of sp³-hybridized carbons (Fsp3) is 0.500. The molecule has 104 valence electrons. The number of benzene rings is 1. The summed E-state index contributed by atoms with van der Waals surface area (Å²) < 4.78 is 0. The maximum absolute atomic E-state index is 11.9. The van der Waals surface area contributed by atoms with E-state index in [2.05, 4.69) is 5.32 Å². The third-order valence-electron chi connectivity index (χ3n) is 3.40. The third-order valence-corrected chi connectivity index (χ3v) is 4.14. The van der Waals surface area contributed by atoms with E-state index in [4.69, 9.17) is 28.9 Å². The Kier molecular flexibility index (Phi) is 4.71. The molecule has 3 atom stereocenters. The summed E-state index contributed by atoms with van der Waals surface area (Å²) >= 11 is 11.9. The van der Waals surface area contributed by atoms with Gasteiger partial charge in [0.15, 0.2) is 0 Å². The number of carbonyl (C=O) groups excluding carboxylic acids is 1. The number of hydrogen-bond donors (Lipinski definition) is 2. The molecule has 1 saturated carbocycles. The Morgan fingerprint density at radius 3 is 2.84 bits per heavy atom. The van der Waals surface area contributed by atoms with E-state index in [0.717, 1.165) is 18.4 Å². The molecule has 19 heavy (non-hydrogen) atoms. The summed E-state index contributed by atoms with van der Waals surface area (Å²) in [6.45, 7) is 2.57. The molecule has 0 aliphatic heterocycles. The Hall–Kier alpha value is -0.770. The molecule has 0 bridgehead atoms. The average molecular weight is 301 g/mol. The summed E-state index contributed by atoms with van der Waals surface area (Å²) in [4.78, 5) is 11.9. The second-order valence-corrected chi connectivity index (χ2v) is 5.99. The van der Waals surface area contributed by atoms with Gasteiger partial charge in [0.05, 0.1) is 10.0 Å². The van der Waals surface area contributed by atoms with Crippen LogP contribution in [-0.4, -0.2) is 18.5 Å². The summed E-state index contributed by atoms with van der Waals surface area (Å²) in [5.74, 6) is 0.437. The molecule has 0 aromatic heterocycles. The topological polar surface area (TPSA) is 55.1 Å². The van der Waals surface area contributed by atoms with E-state index in [1.165, 1.54) is 0 Å². The van der Waals surface area contributed by atoms with Gasteiger partial charge in [0.2, 0.25) is 5.91 Å². The van der Waals surface area contributed by atoms with Crippen molar-refractivity contribution in [1.29, 1.82) is 0 Å². The highest BCUT2D eigenvalue weighted by Crippen LogP contribution is 2.48. The Morgan fingerprint density at radius 2 is 2.21 bits per heavy atom. The zero-order valence-electron chi connectivity index (χ0n) is 10.8. The summed E-state index contributed by atoms with van der Waals surface area (Å²) in [7, 11) is 0. The van der Waals surface area contributed by atoms with Crippen molar-refractivity contribution in [3.05, 3.63) is 33.8 Å². The molecule has 2 rings (SSSR count). The molecular weight excluding hydrogens is 283 g/mol. The normalized spacial score (nSPS) is 22.9. The van der Waals surface area contributed by atoms with Gasteiger partial charge in [0, 0.05) is 18.5 Å². The average Bonchev–Trinajstić information content (AvgIpc) is 3.12. The minimum Gasteiger partial charge on any atom is -0.356 e. The molecule has 1 aromatic carbocycles. The molecule has 3 nitrogen and oxygen atoms in total. The van der Waals surface area contributed by atoms with Gasteiger partial charge in [-0.2, -0.15) is 0 Å². The highest BCUT2D eigenvalue weighted by atomic mass is 35.5. The molecule has 0 spiro atoms. The lowest BCUT2D eigenvalue weighted by Crippen LogP contribution is -2.30. The summed E-state index contributed by atoms with van der Waals surface area (Å²) in [5, 5.41) is 4.01. The van der Waals surface area contributed by atoms with Gasteiger partial charge in [-0.05, 0) is 43.4 Å². The summed E-state index contributed by atoms with van der Waals surface area (Å²) in [6.07, 6.45) is 1.68. The van der Waals surface area contributed by atoms with Crippen molar-refractivity contribution in [3.63, 3.8) is 0 Å². The Morgan fingerprint density at radius 1 is 1.47 bits per heavy atom. The molecular formula is C14H18Cl2N2O. The van der Waals surface area contributed by atoms with Gasteiger partial charge < -0.3 is 11.1 Å². The number of hydrogen-bond acceptors (Lipinski definition) is 2. The predicted octanol–water partition coefficient (Wildman–Crippen LogP) is 2.95. The molecule has 1 amide bonds. The van der Waals surface area contributed by atoms with E-state index in [-0.39, 0.29) is 23.8 Å². The molecule has 3 N–H and O–H groups in total. The van der Waals surface area contributed by atoms with Crippen molar-refractivity contribution in [2.75, 3.05) is 6.54 Å². The zero-order chi connectivity index (χ0) is 14.0. The number of carbonyl (C=O) groups is 1. The number of amides is 1. The second kappa shape index (κ2) is 6.12.